The van der Waals surface area contributed by atoms with Crippen LogP contribution in [-0.4, -0.2) is 32.7 Å². The van der Waals surface area contributed by atoms with Gasteiger partial charge in [0.2, 0.25) is 0 Å². The van der Waals surface area contributed by atoms with Gasteiger partial charge in [-0.15, -0.1) is 0 Å². The molecule has 30 heavy (non-hydrogen) atoms. The van der Waals surface area contributed by atoms with Crippen molar-refractivity contribution in [2.24, 2.45) is 0 Å². The molecule has 0 bridgehead atoms. The van der Waals surface area contributed by atoms with Crippen LogP contribution in [0, 0.1) is 11.6 Å². The van der Waals surface area contributed by atoms with E-state index >= 15 is 0 Å². The number of amides is 1. The highest BCUT2D eigenvalue weighted by atomic mass is 19.1. The molecule has 1 amide bonds. The Morgan fingerprint density at radius 2 is 2.03 bits per heavy atom. The summed E-state index contributed by atoms with van der Waals surface area (Å²) in [4.78, 5) is 14.8. The van der Waals surface area contributed by atoms with Crippen LogP contribution in [-0.2, 0) is 6.54 Å². The lowest BCUT2D eigenvalue weighted by atomic mass is 9.86. The van der Waals surface area contributed by atoms with E-state index in [1.807, 2.05) is 24.4 Å². The Labute approximate surface area is 170 Å². The quantitative estimate of drug-likeness (QED) is 0.555. The van der Waals surface area contributed by atoms with E-state index in [9.17, 15) is 13.6 Å². The largest absolute Gasteiger partial charge is 0.355 e. The Morgan fingerprint density at radius 1 is 1.17 bits per heavy atom. The molecule has 0 aliphatic carbocycles. The molecule has 1 aliphatic heterocycles. The van der Waals surface area contributed by atoms with Gasteiger partial charge in [0.1, 0.15) is 11.6 Å². The van der Waals surface area contributed by atoms with Crippen LogP contribution in [0.15, 0.2) is 65.4 Å². The molecule has 0 fully saturated rings. The third-order valence-corrected chi connectivity index (χ3v) is 5.33. The summed E-state index contributed by atoms with van der Waals surface area (Å²) in [6.07, 6.45) is 3.57. The first-order chi connectivity index (χ1) is 14.6. The van der Waals surface area contributed by atoms with E-state index < -0.39 is 11.6 Å². The van der Waals surface area contributed by atoms with E-state index in [0.717, 1.165) is 28.8 Å². The molecule has 6 nitrogen and oxygen atoms in total. The lowest BCUT2D eigenvalue weighted by Crippen LogP contribution is -2.38. The zero-order valence-corrected chi connectivity index (χ0v) is 15.7. The van der Waals surface area contributed by atoms with Crippen molar-refractivity contribution in [1.29, 1.82) is 0 Å². The van der Waals surface area contributed by atoms with Crippen LogP contribution in [0.2, 0.25) is 0 Å². The van der Waals surface area contributed by atoms with Crippen molar-refractivity contribution in [3.8, 4) is 11.3 Å². The van der Waals surface area contributed by atoms with Crippen LogP contribution in [0.25, 0.3) is 11.3 Å². The van der Waals surface area contributed by atoms with Crippen molar-refractivity contribution in [1.82, 2.24) is 20.3 Å². The maximum absolute atomic E-state index is 14.0. The number of carbonyl (C=O) groups excluding carboxylic acids is 1. The van der Waals surface area contributed by atoms with E-state index in [1.54, 1.807) is 11.1 Å². The Kier molecular flexibility index (Phi) is 4.39. The van der Waals surface area contributed by atoms with E-state index in [0.29, 0.717) is 13.1 Å². The molecule has 1 atom stereocenters. The summed E-state index contributed by atoms with van der Waals surface area (Å²) in [5.41, 5.74) is 3.28. The number of halogens is 2. The van der Waals surface area contributed by atoms with Crippen molar-refractivity contribution in [2.75, 3.05) is 6.54 Å². The van der Waals surface area contributed by atoms with Crippen molar-refractivity contribution >= 4 is 5.91 Å². The maximum atomic E-state index is 14.0. The Bertz CT molecular complexity index is 1220. The van der Waals surface area contributed by atoms with Crippen LogP contribution in [0.5, 0.6) is 0 Å². The highest BCUT2D eigenvalue weighted by molar-refractivity contribution is 5.93. The molecule has 0 saturated heterocycles. The summed E-state index contributed by atoms with van der Waals surface area (Å²) in [5, 5.41) is 10.7. The fourth-order valence-electron chi connectivity index (χ4n) is 3.85. The molecule has 3 heterocycles. The molecule has 1 unspecified atom stereocenters. The predicted molar refractivity (Wildman–Crippen MR) is 103 cm³/mol. The van der Waals surface area contributed by atoms with Crippen molar-refractivity contribution in [3.63, 3.8) is 0 Å². The molecule has 4 aromatic rings. The number of nitrogens with one attached hydrogen (secondary N) is 1. The van der Waals surface area contributed by atoms with Crippen molar-refractivity contribution in [2.45, 2.75) is 12.5 Å². The first-order valence-electron chi connectivity index (χ1n) is 9.38. The summed E-state index contributed by atoms with van der Waals surface area (Å²) in [6.45, 7) is 0.874. The van der Waals surface area contributed by atoms with Gasteiger partial charge in [-0.1, -0.05) is 29.4 Å². The van der Waals surface area contributed by atoms with Gasteiger partial charge in [0.15, 0.2) is 11.5 Å². The number of aromatic amines is 1. The van der Waals surface area contributed by atoms with Gasteiger partial charge in [0.25, 0.3) is 5.91 Å². The first kappa shape index (κ1) is 18.2. The zero-order valence-electron chi connectivity index (χ0n) is 15.7. The maximum Gasteiger partial charge on any atom is 0.276 e. The third kappa shape index (κ3) is 3.16. The number of aromatic nitrogens is 3. The number of hydrogen-bond donors (Lipinski definition) is 1. The first-order valence-corrected chi connectivity index (χ1v) is 9.38. The molecule has 8 heteroatoms. The second-order valence-electron chi connectivity index (χ2n) is 7.17. The smallest absolute Gasteiger partial charge is 0.276 e. The lowest BCUT2D eigenvalue weighted by molar-refractivity contribution is 0.0714. The fraction of sp³-hybridized carbons (Fsp3) is 0.136. The van der Waals surface area contributed by atoms with Crippen LogP contribution < -0.4 is 0 Å². The predicted octanol–water partition coefficient (Wildman–Crippen LogP) is 4.13. The average molecular weight is 406 g/mol. The summed E-state index contributed by atoms with van der Waals surface area (Å²) >= 11 is 0. The van der Waals surface area contributed by atoms with Crippen molar-refractivity contribution < 1.29 is 18.1 Å². The minimum absolute atomic E-state index is 0.0291. The van der Waals surface area contributed by atoms with Crippen LogP contribution in [0.4, 0.5) is 8.78 Å². The molecule has 1 N–H and O–H groups in total. The molecular formula is C22H16F2N4O2. The standard InChI is InChI=1S/C22H16F2N4O2/c23-15-5-6-17(19(24)7-15)21-8-20(27-30-21)22(29)28-11-13-3-1-2-4-16(13)18(12-28)14-9-25-26-10-14/h1-10,18H,11-12H2,(H,25,26). The van der Waals surface area contributed by atoms with Gasteiger partial charge in [0.05, 0.1) is 11.8 Å². The summed E-state index contributed by atoms with van der Waals surface area (Å²) in [7, 11) is 0. The minimum atomic E-state index is -0.780. The number of carbonyl (C=O) groups is 1. The highest BCUT2D eigenvalue weighted by Crippen LogP contribution is 2.34. The Morgan fingerprint density at radius 3 is 2.83 bits per heavy atom. The van der Waals surface area contributed by atoms with Crippen molar-refractivity contribution in [3.05, 3.63) is 94.9 Å². The van der Waals surface area contributed by atoms with E-state index in [4.69, 9.17) is 4.52 Å². The second kappa shape index (κ2) is 7.22. The fourth-order valence-corrected chi connectivity index (χ4v) is 3.85. The van der Waals surface area contributed by atoms with Crippen LogP contribution >= 0.6 is 0 Å². The van der Waals surface area contributed by atoms with Crippen LogP contribution in [0.3, 0.4) is 0 Å². The molecule has 1 aliphatic rings. The molecule has 2 aromatic heterocycles. The normalized spacial score (nSPS) is 15.8. The molecule has 0 saturated carbocycles. The molecule has 150 valence electrons. The second-order valence-corrected chi connectivity index (χ2v) is 7.17. The molecule has 2 aromatic carbocycles. The van der Waals surface area contributed by atoms with Gasteiger partial charge in [-0.2, -0.15) is 5.10 Å². The van der Waals surface area contributed by atoms with E-state index in [1.165, 1.54) is 12.1 Å². The number of fused-ring (bicyclic) bond motifs is 1. The number of hydrogen-bond acceptors (Lipinski definition) is 4. The van der Waals surface area contributed by atoms with E-state index in [2.05, 4.69) is 21.4 Å². The van der Waals surface area contributed by atoms with Gasteiger partial charge in [-0.05, 0) is 28.8 Å². The lowest BCUT2D eigenvalue weighted by Gasteiger charge is -2.34. The molecule has 0 radical (unpaired) electrons. The highest BCUT2D eigenvalue weighted by Gasteiger charge is 2.31. The van der Waals surface area contributed by atoms with Gasteiger partial charge in [-0.3, -0.25) is 9.89 Å². The number of rotatable bonds is 3. The average Bonchev–Trinajstić information content (AvgIpc) is 3.45. The summed E-state index contributed by atoms with van der Waals surface area (Å²) < 4.78 is 32.4. The topological polar surface area (TPSA) is 75.0 Å². The molecular weight excluding hydrogens is 390 g/mol. The van der Waals surface area contributed by atoms with E-state index in [-0.39, 0.29) is 28.8 Å². The minimum Gasteiger partial charge on any atom is -0.355 e. The Hall–Kier alpha value is -3.81. The van der Waals surface area contributed by atoms with Crippen LogP contribution in [0.1, 0.15) is 33.1 Å². The van der Waals surface area contributed by atoms with Gasteiger partial charge >= 0.3 is 0 Å². The summed E-state index contributed by atoms with van der Waals surface area (Å²) in [5.74, 6) is -1.75. The zero-order chi connectivity index (χ0) is 20.7. The van der Waals surface area contributed by atoms with Gasteiger partial charge in [-0.25, -0.2) is 8.78 Å². The number of H-pyrrole nitrogens is 1. The summed E-state index contributed by atoms with van der Waals surface area (Å²) in [6, 6.07) is 12.5. The number of benzene rings is 2. The van der Waals surface area contributed by atoms with Gasteiger partial charge < -0.3 is 9.42 Å². The van der Waals surface area contributed by atoms with Gasteiger partial charge in [0, 0.05) is 37.3 Å². The molecule has 0 spiro atoms. The Balaban J connectivity index is 1.45. The third-order valence-electron chi connectivity index (χ3n) is 5.33. The molecule has 5 rings (SSSR count). The number of nitrogens with zero attached hydrogens (tertiary/aromatic N) is 3. The SMILES string of the molecule is O=C(c1cc(-c2ccc(F)cc2F)on1)N1Cc2ccccc2C(c2cn[nH]c2)C1. The monoisotopic (exact) mass is 406 g/mol.